The van der Waals surface area contributed by atoms with Gasteiger partial charge in [-0.1, -0.05) is 63.2 Å². The third kappa shape index (κ3) is 9.78. The molecule has 1 radical (unpaired) electrons. The van der Waals surface area contributed by atoms with Crippen molar-refractivity contribution >= 4 is 17.7 Å². The van der Waals surface area contributed by atoms with Crippen molar-refractivity contribution in [1.29, 1.82) is 0 Å². The smallest absolute Gasteiger partial charge is 0.243 e. The number of benzene rings is 2. The fraction of sp³-hybridized carbons (Fsp3) is 0.407. The molecule has 0 heterocycles. The molecule has 8 heteroatoms. The number of primary amides is 1. The molecule has 0 bridgehead atoms. The number of carbonyl (C=O) groups excluding carboxylic acids is 3. The van der Waals surface area contributed by atoms with E-state index in [2.05, 4.69) is 10.6 Å². The van der Waals surface area contributed by atoms with E-state index >= 15 is 0 Å². The zero-order chi connectivity index (χ0) is 25.8. The minimum Gasteiger partial charge on any atom is -0.489 e. The number of amides is 3. The Morgan fingerprint density at radius 1 is 0.971 bits per heavy atom. The molecular formula is C27H36N3O5. The number of rotatable bonds is 14. The van der Waals surface area contributed by atoms with Crippen molar-refractivity contribution in [2.45, 2.75) is 52.3 Å². The van der Waals surface area contributed by atoms with E-state index < -0.39 is 35.7 Å². The summed E-state index contributed by atoms with van der Waals surface area (Å²) >= 11 is 0. The molecular weight excluding hydrogens is 446 g/mol. The molecule has 0 aliphatic rings. The lowest BCUT2D eigenvalue weighted by Crippen LogP contribution is -2.52. The maximum atomic E-state index is 13.0. The number of aliphatic hydroxyl groups excluding tert-OH is 1. The Morgan fingerprint density at radius 2 is 1.63 bits per heavy atom. The van der Waals surface area contributed by atoms with E-state index in [0.717, 1.165) is 11.1 Å². The van der Waals surface area contributed by atoms with Crippen molar-refractivity contribution in [3.8, 4) is 5.75 Å². The minimum absolute atomic E-state index is 0.0179. The molecule has 5 N–H and O–H groups in total. The zero-order valence-corrected chi connectivity index (χ0v) is 20.6. The molecule has 0 saturated heterocycles. The van der Waals surface area contributed by atoms with Gasteiger partial charge in [0.2, 0.25) is 17.7 Å². The van der Waals surface area contributed by atoms with Crippen LogP contribution in [-0.2, 0) is 27.4 Å². The van der Waals surface area contributed by atoms with Crippen molar-refractivity contribution in [3.63, 3.8) is 0 Å². The van der Waals surface area contributed by atoms with Crippen molar-refractivity contribution in [1.82, 2.24) is 10.6 Å². The molecule has 2 aromatic rings. The second-order valence-electron chi connectivity index (χ2n) is 8.97. The fourth-order valence-electron chi connectivity index (χ4n) is 3.24. The summed E-state index contributed by atoms with van der Waals surface area (Å²) in [5.41, 5.74) is 7.13. The quantitative estimate of drug-likeness (QED) is 0.328. The highest BCUT2D eigenvalue weighted by Crippen LogP contribution is 2.16. The third-order valence-electron chi connectivity index (χ3n) is 5.72. The van der Waals surface area contributed by atoms with E-state index in [4.69, 9.17) is 10.5 Å². The maximum Gasteiger partial charge on any atom is 0.243 e. The van der Waals surface area contributed by atoms with Crippen LogP contribution in [0.25, 0.3) is 0 Å². The monoisotopic (exact) mass is 482 g/mol. The standard InChI is InChI=1S/C27H36N3O5/c1-18(2)24(16-31)30-27(34)23(29-25(32)14-9-19(3)26(28)33)15-20-10-12-22(13-11-20)35-17-21-7-5-4-6-8-21/h4-8,10-14,18-19,23-24,31H,9,15-17H2,1-3H3,(H2,28,33)(H,29,32)(H,30,34). The van der Waals surface area contributed by atoms with E-state index in [9.17, 15) is 19.5 Å². The van der Waals surface area contributed by atoms with Crippen LogP contribution in [0.1, 0.15) is 38.3 Å². The van der Waals surface area contributed by atoms with Crippen LogP contribution in [0, 0.1) is 18.3 Å². The average molecular weight is 483 g/mol. The molecule has 2 rings (SSSR count). The summed E-state index contributed by atoms with van der Waals surface area (Å²) in [7, 11) is 0. The number of nitrogens with one attached hydrogen (secondary N) is 2. The second-order valence-corrected chi connectivity index (χ2v) is 8.97. The van der Waals surface area contributed by atoms with Gasteiger partial charge in [-0.3, -0.25) is 14.4 Å². The van der Waals surface area contributed by atoms with E-state index in [1.165, 1.54) is 6.42 Å². The van der Waals surface area contributed by atoms with E-state index in [0.29, 0.717) is 12.4 Å². The van der Waals surface area contributed by atoms with Crippen molar-refractivity contribution in [3.05, 3.63) is 72.1 Å². The molecule has 3 unspecified atom stereocenters. The summed E-state index contributed by atoms with van der Waals surface area (Å²) < 4.78 is 5.81. The highest BCUT2D eigenvalue weighted by molar-refractivity contribution is 5.92. The van der Waals surface area contributed by atoms with Crippen LogP contribution in [0.15, 0.2) is 54.6 Å². The van der Waals surface area contributed by atoms with Gasteiger partial charge in [0.15, 0.2) is 0 Å². The summed E-state index contributed by atoms with van der Waals surface area (Å²) in [5.74, 6) is -1.14. The number of nitrogens with two attached hydrogens (primary N) is 1. The van der Waals surface area contributed by atoms with Crippen LogP contribution in [0.4, 0.5) is 0 Å². The lowest BCUT2D eigenvalue weighted by atomic mass is 10.0. The SMILES string of the molecule is CC(C[CH]C(=O)NC(Cc1ccc(OCc2ccccc2)cc1)C(=O)NC(CO)C(C)C)C(N)=O. The van der Waals surface area contributed by atoms with Crippen molar-refractivity contribution < 1.29 is 24.2 Å². The number of aliphatic hydroxyl groups is 1. The summed E-state index contributed by atoms with van der Waals surface area (Å²) in [6.45, 7) is 5.65. The van der Waals surface area contributed by atoms with E-state index in [-0.39, 0.29) is 25.4 Å². The topological polar surface area (TPSA) is 131 Å². The molecule has 3 atom stereocenters. The number of carbonyl (C=O) groups is 3. The van der Waals surface area contributed by atoms with Gasteiger partial charge in [-0.15, -0.1) is 0 Å². The summed E-state index contributed by atoms with van der Waals surface area (Å²) in [6, 6.07) is 15.8. The molecule has 3 amide bonds. The largest absolute Gasteiger partial charge is 0.489 e. The number of hydrogen-bond donors (Lipinski definition) is 4. The average Bonchev–Trinajstić information content (AvgIpc) is 2.85. The van der Waals surface area contributed by atoms with Gasteiger partial charge in [-0.05, 0) is 35.6 Å². The molecule has 189 valence electrons. The van der Waals surface area contributed by atoms with Crippen LogP contribution in [-0.4, -0.2) is 41.5 Å². The lowest BCUT2D eigenvalue weighted by molar-refractivity contribution is -0.128. The van der Waals surface area contributed by atoms with Gasteiger partial charge in [0.1, 0.15) is 18.4 Å². The molecule has 0 fully saturated rings. The van der Waals surface area contributed by atoms with Crippen LogP contribution in [0.2, 0.25) is 0 Å². The molecule has 2 aromatic carbocycles. The van der Waals surface area contributed by atoms with Gasteiger partial charge in [0, 0.05) is 12.3 Å². The van der Waals surface area contributed by atoms with E-state index in [1.807, 2.05) is 68.4 Å². The molecule has 35 heavy (non-hydrogen) atoms. The zero-order valence-electron chi connectivity index (χ0n) is 20.6. The molecule has 0 aliphatic carbocycles. The van der Waals surface area contributed by atoms with Crippen molar-refractivity contribution in [2.75, 3.05) is 6.61 Å². The Bertz CT molecular complexity index is 947. The minimum atomic E-state index is -0.869. The predicted octanol–water partition coefficient (Wildman–Crippen LogP) is 2.14. The third-order valence-corrected chi connectivity index (χ3v) is 5.72. The molecule has 0 saturated carbocycles. The first-order valence-electron chi connectivity index (χ1n) is 11.8. The van der Waals surface area contributed by atoms with Gasteiger partial charge in [0.25, 0.3) is 0 Å². The highest BCUT2D eigenvalue weighted by atomic mass is 16.5. The van der Waals surface area contributed by atoms with Crippen LogP contribution in [0.3, 0.4) is 0 Å². The molecule has 0 spiro atoms. The van der Waals surface area contributed by atoms with Crippen LogP contribution >= 0.6 is 0 Å². The Morgan fingerprint density at radius 3 is 2.20 bits per heavy atom. The number of ether oxygens (including phenoxy) is 1. The van der Waals surface area contributed by atoms with Crippen LogP contribution in [0.5, 0.6) is 5.75 Å². The Hall–Kier alpha value is -3.39. The number of hydrogen-bond acceptors (Lipinski definition) is 5. The maximum absolute atomic E-state index is 13.0. The molecule has 0 aromatic heterocycles. The van der Waals surface area contributed by atoms with Gasteiger partial charge in [-0.2, -0.15) is 0 Å². The Balaban J connectivity index is 2.04. The lowest BCUT2D eigenvalue weighted by Gasteiger charge is -2.25. The summed E-state index contributed by atoms with van der Waals surface area (Å²) in [4.78, 5) is 36.7. The van der Waals surface area contributed by atoms with Gasteiger partial charge < -0.3 is 26.2 Å². The molecule has 8 nitrogen and oxygen atoms in total. The first-order chi connectivity index (χ1) is 16.7. The molecule has 0 aliphatic heterocycles. The normalized spacial score (nSPS) is 13.5. The highest BCUT2D eigenvalue weighted by Gasteiger charge is 2.25. The first-order valence-corrected chi connectivity index (χ1v) is 11.8. The van der Waals surface area contributed by atoms with Gasteiger partial charge >= 0.3 is 0 Å². The van der Waals surface area contributed by atoms with Crippen LogP contribution < -0.4 is 21.1 Å². The Kier molecular flexibility index (Phi) is 11.2. The summed E-state index contributed by atoms with van der Waals surface area (Å²) in [6.07, 6.45) is 1.74. The van der Waals surface area contributed by atoms with Crippen molar-refractivity contribution in [2.24, 2.45) is 17.6 Å². The van der Waals surface area contributed by atoms with Gasteiger partial charge in [-0.25, -0.2) is 0 Å². The van der Waals surface area contributed by atoms with E-state index in [1.54, 1.807) is 6.92 Å². The second kappa shape index (κ2) is 14.1. The fourth-order valence-corrected chi connectivity index (χ4v) is 3.24. The summed E-state index contributed by atoms with van der Waals surface area (Å²) in [5, 5.41) is 15.1. The van der Waals surface area contributed by atoms with Gasteiger partial charge in [0.05, 0.1) is 19.1 Å². The predicted molar refractivity (Wildman–Crippen MR) is 134 cm³/mol. The Labute approximate surface area is 207 Å². The first kappa shape index (κ1) is 27.9.